The zero-order chi connectivity index (χ0) is 17.0. The number of halogens is 2. The van der Waals surface area contributed by atoms with Crippen LogP contribution in [0.25, 0.3) is 0 Å². The maximum atomic E-state index is 13.4. The monoisotopic (exact) mass is 340 g/mol. The van der Waals surface area contributed by atoms with Crippen LogP contribution in [0.4, 0.5) is 14.5 Å². The molecule has 2 aromatic carbocycles. The van der Waals surface area contributed by atoms with Gasteiger partial charge in [0, 0.05) is 6.07 Å². The van der Waals surface area contributed by atoms with E-state index < -0.39 is 34.1 Å². The molecule has 122 valence electrons. The minimum atomic E-state index is -3.85. The van der Waals surface area contributed by atoms with Crippen molar-refractivity contribution in [1.29, 1.82) is 0 Å². The minimum Gasteiger partial charge on any atom is -0.322 e. The van der Waals surface area contributed by atoms with Crippen molar-refractivity contribution in [1.82, 2.24) is 4.72 Å². The van der Waals surface area contributed by atoms with Crippen LogP contribution in [-0.4, -0.2) is 20.9 Å². The molecule has 0 aliphatic rings. The SMILES string of the molecule is Cc1ccc(S(=O)(=O)NCC(=O)Nc2ccc(F)cc2F)cc1. The van der Waals surface area contributed by atoms with E-state index in [9.17, 15) is 22.0 Å². The van der Waals surface area contributed by atoms with Crippen LogP contribution in [-0.2, 0) is 14.8 Å². The fourth-order valence-corrected chi connectivity index (χ4v) is 2.73. The number of anilines is 1. The summed E-state index contributed by atoms with van der Waals surface area (Å²) in [6.07, 6.45) is 0. The number of hydrogen-bond acceptors (Lipinski definition) is 3. The van der Waals surface area contributed by atoms with Crippen LogP contribution in [0.2, 0.25) is 0 Å². The molecule has 0 atom stereocenters. The molecule has 1 amide bonds. The third-order valence-corrected chi connectivity index (χ3v) is 4.38. The van der Waals surface area contributed by atoms with Crippen molar-refractivity contribution in [2.75, 3.05) is 11.9 Å². The van der Waals surface area contributed by atoms with Crippen LogP contribution in [0.3, 0.4) is 0 Å². The lowest BCUT2D eigenvalue weighted by Crippen LogP contribution is -2.33. The topological polar surface area (TPSA) is 75.3 Å². The molecule has 0 heterocycles. The Hall–Kier alpha value is -2.32. The summed E-state index contributed by atoms with van der Waals surface area (Å²) in [6, 6.07) is 8.73. The van der Waals surface area contributed by atoms with Gasteiger partial charge in [-0.05, 0) is 31.2 Å². The Morgan fingerprint density at radius 2 is 1.74 bits per heavy atom. The van der Waals surface area contributed by atoms with Gasteiger partial charge in [0.15, 0.2) is 0 Å². The number of nitrogens with one attached hydrogen (secondary N) is 2. The van der Waals surface area contributed by atoms with E-state index in [4.69, 9.17) is 0 Å². The first kappa shape index (κ1) is 17.0. The Morgan fingerprint density at radius 3 is 2.35 bits per heavy atom. The number of sulfonamides is 1. The molecule has 0 unspecified atom stereocenters. The molecule has 0 saturated carbocycles. The highest BCUT2D eigenvalue weighted by Crippen LogP contribution is 2.15. The number of benzene rings is 2. The van der Waals surface area contributed by atoms with Gasteiger partial charge < -0.3 is 5.32 Å². The highest BCUT2D eigenvalue weighted by atomic mass is 32.2. The van der Waals surface area contributed by atoms with Gasteiger partial charge in [0.05, 0.1) is 17.1 Å². The van der Waals surface area contributed by atoms with E-state index in [2.05, 4.69) is 10.0 Å². The highest BCUT2D eigenvalue weighted by Gasteiger charge is 2.16. The molecule has 2 N–H and O–H groups in total. The molecule has 2 rings (SSSR count). The Labute approximate surface area is 132 Å². The predicted octanol–water partition coefficient (Wildman–Crippen LogP) is 2.19. The van der Waals surface area contributed by atoms with Crippen LogP contribution < -0.4 is 10.0 Å². The van der Waals surface area contributed by atoms with Crippen LogP contribution in [0.5, 0.6) is 0 Å². The third kappa shape index (κ3) is 4.57. The molecular weight excluding hydrogens is 326 g/mol. The summed E-state index contributed by atoms with van der Waals surface area (Å²) < 4.78 is 52.3. The molecule has 0 fully saturated rings. The molecule has 0 aliphatic heterocycles. The lowest BCUT2D eigenvalue weighted by atomic mass is 10.2. The molecule has 0 saturated heterocycles. The summed E-state index contributed by atoms with van der Waals surface area (Å²) in [5.74, 6) is -2.49. The minimum absolute atomic E-state index is 0.0175. The second-order valence-corrected chi connectivity index (χ2v) is 6.58. The van der Waals surface area contributed by atoms with Crippen LogP contribution in [0.1, 0.15) is 5.56 Å². The smallest absolute Gasteiger partial charge is 0.241 e. The van der Waals surface area contributed by atoms with Crippen molar-refractivity contribution < 1.29 is 22.0 Å². The maximum Gasteiger partial charge on any atom is 0.241 e. The molecule has 2 aromatic rings. The number of rotatable bonds is 5. The van der Waals surface area contributed by atoms with Gasteiger partial charge in [-0.15, -0.1) is 0 Å². The molecular formula is C15H14F2N2O3S. The molecule has 0 spiro atoms. The van der Waals surface area contributed by atoms with E-state index in [0.717, 1.165) is 17.7 Å². The van der Waals surface area contributed by atoms with E-state index in [1.54, 1.807) is 12.1 Å². The van der Waals surface area contributed by atoms with Crippen molar-refractivity contribution >= 4 is 21.6 Å². The average molecular weight is 340 g/mol. The molecule has 0 aliphatic carbocycles. The lowest BCUT2D eigenvalue weighted by molar-refractivity contribution is -0.115. The molecule has 0 aromatic heterocycles. The van der Waals surface area contributed by atoms with Crippen LogP contribution >= 0.6 is 0 Å². The highest BCUT2D eigenvalue weighted by molar-refractivity contribution is 7.89. The Morgan fingerprint density at radius 1 is 1.09 bits per heavy atom. The van der Waals surface area contributed by atoms with Gasteiger partial charge in [0.25, 0.3) is 0 Å². The van der Waals surface area contributed by atoms with Gasteiger partial charge in [-0.25, -0.2) is 21.9 Å². The van der Waals surface area contributed by atoms with Crippen molar-refractivity contribution in [3.8, 4) is 0 Å². The number of carbonyl (C=O) groups excluding carboxylic acids is 1. The molecule has 0 bridgehead atoms. The maximum absolute atomic E-state index is 13.4. The molecule has 0 radical (unpaired) electrons. The van der Waals surface area contributed by atoms with E-state index in [-0.39, 0.29) is 10.6 Å². The van der Waals surface area contributed by atoms with Crippen molar-refractivity contribution in [2.24, 2.45) is 0 Å². The second kappa shape index (κ2) is 6.84. The van der Waals surface area contributed by atoms with Gasteiger partial charge in [-0.1, -0.05) is 17.7 Å². The van der Waals surface area contributed by atoms with E-state index >= 15 is 0 Å². The van der Waals surface area contributed by atoms with Crippen LogP contribution in [0.15, 0.2) is 47.4 Å². The number of aryl methyl sites for hydroxylation is 1. The summed E-state index contributed by atoms with van der Waals surface area (Å²) in [7, 11) is -3.85. The third-order valence-electron chi connectivity index (χ3n) is 2.96. The largest absolute Gasteiger partial charge is 0.322 e. The van der Waals surface area contributed by atoms with Gasteiger partial charge in [-0.2, -0.15) is 0 Å². The quantitative estimate of drug-likeness (QED) is 0.876. The van der Waals surface area contributed by atoms with Gasteiger partial charge in [0.1, 0.15) is 11.6 Å². The normalized spacial score (nSPS) is 11.3. The summed E-state index contributed by atoms with van der Waals surface area (Å²) in [6.45, 7) is 1.24. The summed E-state index contributed by atoms with van der Waals surface area (Å²) >= 11 is 0. The number of hydrogen-bond donors (Lipinski definition) is 2. The first-order valence-electron chi connectivity index (χ1n) is 6.59. The van der Waals surface area contributed by atoms with Crippen molar-refractivity contribution in [3.63, 3.8) is 0 Å². The number of carbonyl (C=O) groups is 1. The van der Waals surface area contributed by atoms with Crippen molar-refractivity contribution in [2.45, 2.75) is 11.8 Å². The fourth-order valence-electron chi connectivity index (χ4n) is 1.75. The summed E-state index contributed by atoms with van der Waals surface area (Å²) in [5.41, 5.74) is 0.666. The fraction of sp³-hybridized carbons (Fsp3) is 0.133. The summed E-state index contributed by atoms with van der Waals surface area (Å²) in [4.78, 5) is 11.7. The molecule has 23 heavy (non-hydrogen) atoms. The van der Waals surface area contributed by atoms with Crippen molar-refractivity contribution in [3.05, 3.63) is 59.7 Å². The van der Waals surface area contributed by atoms with Gasteiger partial charge in [0.2, 0.25) is 15.9 Å². The molecule has 8 heteroatoms. The predicted molar refractivity (Wildman–Crippen MR) is 81.4 cm³/mol. The standard InChI is InChI=1S/C15H14F2N2O3S/c1-10-2-5-12(6-3-10)23(21,22)18-9-15(20)19-14-7-4-11(16)8-13(14)17/h2-8,18H,9H2,1H3,(H,19,20). The summed E-state index contributed by atoms with van der Waals surface area (Å²) in [5, 5.41) is 2.16. The Bertz CT molecular complexity index is 821. The second-order valence-electron chi connectivity index (χ2n) is 4.81. The molecule has 5 nitrogen and oxygen atoms in total. The zero-order valence-electron chi connectivity index (χ0n) is 12.1. The van der Waals surface area contributed by atoms with Gasteiger partial charge in [-0.3, -0.25) is 4.79 Å². The van der Waals surface area contributed by atoms with Crippen LogP contribution in [0, 0.1) is 18.6 Å². The van der Waals surface area contributed by atoms with E-state index in [1.165, 1.54) is 12.1 Å². The zero-order valence-corrected chi connectivity index (χ0v) is 13.0. The lowest BCUT2D eigenvalue weighted by Gasteiger charge is -2.09. The Balaban J connectivity index is 1.99. The Kier molecular flexibility index (Phi) is 5.07. The average Bonchev–Trinajstić information content (AvgIpc) is 2.49. The first-order chi connectivity index (χ1) is 10.8. The van der Waals surface area contributed by atoms with Gasteiger partial charge >= 0.3 is 0 Å². The van der Waals surface area contributed by atoms with E-state index in [0.29, 0.717) is 6.07 Å². The van der Waals surface area contributed by atoms with E-state index in [1.807, 2.05) is 6.92 Å². The number of amides is 1. The first-order valence-corrected chi connectivity index (χ1v) is 8.07.